The Hall–Kier alpha value is -3.64. The third-order valence-corrected chi connectivity index (χ3v) is 5.92. The first-order valence-electron chi connectivity index (χ1n) is 9.83. The molecule has 0 atom stereocenters. The van der Waals surface area contributed by atoms with Crippen molar-refractivity contribution in [3.05, 3.63) is 107 Å². The molecule has 4 nitrogen and oxygen atoms in total. The van der Waals surface area contributed by atoms with E-state index in [0.717, 1.165) is 23.0 Å². The van der Waals surface area contributed by atoms with E-state index in [-0.39, 0.29) is 11.7 Å². The van der Waals surface area contributed by atoms with Crippen molar-refractivity contribution < 1.29 is 9.18 Å². The number of rotatable bonds is 4. The number of aromatic nitrogens is 1. The highest BCUT2D eigenvalue weighted by molar-refractivity contribution is 8.18. The maximum Gasteiger partial charge on any atom is 0.264 e. The lowest BCUT2D eigenvalue weighted by atomic mass is 10.1. The normalized spacial score (nSPS) is 16.4. The van der Waals surface area contributed by atoms with Gasteiger partial charge < -0.3 is 9.88 Å². The summed E-state index contributed by atoms with van der Waals surface area (Å²) in [6, 6.07) is 24.3. The summed E-state index contributed by atoms with van der Waals surface area (Å²) in [4.78, 5) is 17.5. The van der Waals surface area contributed by atoms with Crippen molar-refractivity contribution in [2.24, 2.45) is 4.99 Å². The van der Waals surface area contributed by atoms with Gasteiger partial charge in [0, 0.05) is 29.2 Å². The molecule has 152 valence electrons. The second-order valence-corrected chi connectivity index (χ2v) is 8.20. The first kappa shape index (κ1) is 19.3. The quantitative estimate of drug-likeness (QED) is 0.424. The fraction of sp³-hybridized carbons (Fsp3) is 0.0400. The van der Waals surface area contributed by atoms with Crippen molar-refractivity contribution in [3.63, 3.8) is 0 Å². The van der Waals surface area contributed by atoms with E-state index in [4.69, 9.17) is 0 Å². The second-order valence-electron chi connectivity index (χ2n) is 7.17. The number of benzene rings is 3. The number of halogens is 1. The second kappa shape index (κ2) is 8.24. The van der Waals surface area contributed by atoms with Crippen molar-refractivity contribution >= 4 is 45.5 Å². The smallest absolute Gasteiger partial charge is 0.264 e. The molecule has 3 aromatic carbocycles. The molecule has 0 unspecified atom stereocenters. The summed E-state index contributed by atoms with van der Waals surface area (Å²) in [6.07, 6.45) is 3.98. The van der Waals surface area contributed by atoms with Crippen LogP contribution in [0.3, 0.4) is 0 Å². The van der Waals surface area contributed by atoms with Crippen molar-refractivity contribution in [1.29, 1.82) is 0 Å². The predicted molar refractivity (Wildman–Crippen MR) is 125 cm³/mol. The topological polar surface area (TPSA) is 46.4 Å². The minimum absolute atomic E-state index is 0.189. The number of para-hydroxylation sites is 1. The zero-order valence-electron chi connectivity index (χ0n) is 16.5. The molecule has 1 fully saturated rings. The van der Waals surface area contributed by atoms with Gasteiger partial charge in [-0.1, -0.05) is 48.5 Å². The van der Waals surface area contributed by atoms with Gasteiger partial charge in [0.2, 0.25) is 0 Å². The minimum Gasteiger partial charge on any atom is -0.342 e. The van der Waals surface area contributed by atoms with Gasteiger partial charge in [-0.2, -0.15) is 0 Å². The number of hydrogen-bond donors (Lipinski definition) is 1. The van der Waals surface area contributed by atoms with Crippen LogP contribution in [0.5, 0.6) is 0 Å². The summed E-state index contributed by atoms with van der Waals surface area (Å²) in [6.45, 7) is 0.751. The van der Waals surface area contributed by atoms with Crippen LogP contribution in [0.15, 0.2) is 95.0 Å². The van der Waals surface area contributed by atoms with Crippen LogP contribution in [0, 0.1) is 5.82 Å². The third-order valence-electron chi connectivity index (χ3n) is 5.01. The number of hydrogen-bond acceptors (Lipinski definition) is 3. The molecule has 0 bridgehead atoms. The van der Waals surface area contributed by atoms with Gasteiger partial charge in [0.25, 0.3) is 5.91 Å². The van der Waals surface area contributed by atoms with E-state index in [9.17, 15) is 9.18 Å². The Balaban J connectivity index is 1.47. The number of aliphatic imine (C=N–C) groups is 1. The zero-order chi connectivity index (χ0) is 21.2. The highest BCUT2D eigenvalue weighted by Crippen LogP contribution is 2.31. The lowest BCUT2D eigenvalue weighted by molar-refractivity contribution is -0.115. The molecular formula is C25H18FN3OS. The fourth-order valence-corrected chi connectivity index (χ4v) is 4.39. The average molecular weight is 428 g/mol. The average Bonchev–Trinajstić information content (AvgIpc) is 3.31. The molecule has 1 aliphatic rings. The van der Waals surface area contributed by atoms with Crippen LogP contribution in [0.4, 0.5) is 10.1 Å². The van der Waals surface area contributed by atoms with E-state index in [1.54, 1.807) is 12.1 Å². The number of amides is 1. The Bertz CT molecular complexity index is 1320. The molecule has 6 heteroatoms. The van der Waals surface area contributed by atoms with Crippen LogP contribution in [-0.2, 0) is 11.3 Å². The zero-order valence-corrected chi connectivity index (χ0v) is 17.3. The van der Waals surface area contributed by atoms with E-state index in [2.05, 4.69) is 45.3 Å². The van der Waals surface area contributed by atoms with Gasteiger partial charge in [0.15, 0.2) is 5.17 Å². The SMILES string of the molecule is O=C1NC(=Nc2ccc(F)cc2)S/C1=C/c1cn(Cc2ccccc2)c2ccccc12. The summed E-state index contributed by atoms with van der Waals surface area (Å²) < 4.78 is 15.3. The molecule has 0 spiro atoms. The number of nitrogens with zero attached hydrogens (tertiary/aromatic N) is 2. The van der Waals surface area contributed by atoms with E-state index >= 15 is 0 Å². The van der Waals surface area contributed by atoms with E-state index in [0.29, 0.717) is 15.8 Å². The molecule has 5 rings (SSSR count). The number of amidine groups is 1. The van der Waals surface area contributed by atoms with Crippen LogP contribution >= 0.6 is 11.8 Å². The molecule has 1 aromatic heterocycles. The molecule has 0 radical (unpaired) electrons. The summed E-state index contributed by atoms with van der Waals surface area (Å²) in [5, 5.41) is 4.36. The summed E-state index contributed by atoms with van der Waals surface area (Å²) in [5.74, 6) is -0.509. The summed E-state index contributed by atoms with van der Waals surface area (Å²) in [7, 11) is 0. The Morgan fingerprint density at radius 3 is 2.52 bits per heavy atom. The predicted octanol–water partition coefficient (Wildman–Crippen LogP) is 5.72. The molecule has 1 aliphatic heterocycles. The van der Waals surface area contributed by atoms with Gasteiger partial charge in [0.05, 0.1) is 10.6 Å². The maximum atomic E-state index is 13.1. The molecule has 1 amide bonds. The molecule has 2 heterocycles. The van der Waals surface area contributed by atoms with Gasteiger partial charge in [-0.15, -0.1) is 0 Å². The molecular weight excluding hydrogens is 409 g/mol. The first-order chi connectivity index (χ1) is 15.2. The highest BCUT2D eigenvalue weighted by atomic mass is 32.2. The largest absolute Gasteiger partial charge is 0.342 e. The van der Waals surface area contributed by atoms with Crippen LogP contribution < -0.4 is 5.32 Å². The Labute approximate surface area is 183 Å². The Kier molecular flexibility index (Phi) is 5.14. The number of thioether (sulfide) groups is 1. The van der Waals surface area contributed by atoms with Gasteiger partial charge in [0.1, 0.15) is 5.82 Å². The van der Waals surface area contributed by atoms with Crippen LogP contribution in [0.1, 0.15) is 11.1 Å². The molecule has 0 saturated carbocycles. The summed E-state index contributed by atoms with van der Waals surface area (Å²) >= 11 is 1.28. The minimum atomic E-state index is -0.320. The van der Waals surface area contributed by atoms with Gasteiger partial charge in [-0.3, -0.25) is 4.79 Å². The first-order valence-corrected chi connectivity index (χ1v) is 10.6. The van der Waals surface area contributed by atoms with Crippen molar-refractivity contribution in [2.75, 3.05) is 0 Å². The van der Waals surface area contributed by atoms with Crippen LogP contribution in [0.2, 0.25) is 0 Å². The van der Waals surface area contributed by atoms with Crippen molar-refractivity contribution in [3.8, 4) is 0 Å². The van der Waals surface area contributed by atoms with Crippen molar-refractivity contribution in [1.82, 2.24) is 9.88 Å². The van der Waals surface area contributed by atoms with Gasteiger partial charge in [-0.05, 0) is 53.7 Å². The van der Waals surface area contributed by atoms with E-state index in [1.165, 1.54) is 29.5 Å². The van der Waals surface area contributed by atoms with Crippen LogP contribution in [-0.4, -0.2) is 15.6 Å². The standard InChI is InChI=1S/C25H18FN3OS/c26-19-10-12-20(13-11-19)27-25-28-24(30)23(31-25)14-18-16-29(15-17-6-2-1-3-7-17)22-9-5-4-8-21(18)22/h1-14,16H,15H2,(H,27,28,30)/b23-14+. The number of nitrogens with one attached hydrogen (secondary N) is 1. The van der Waals surface area contributed by atoms with E-state index in [1.807, 2.05) is 36.4 Å². The fourth-order valence-electron chi connectivity index (χ4n) is 3.56. The van der Waals surface area contributed by atoms with Crippen LogP contribution in [0.25, 0.3) is 17.0 Å². The number of carbonyl (C=O) groups is 1. The Morgan fingerprint density at radius 1 is 0.968 bits per heavy atom. The molecule has 31 heavy (non-hydrogen) atoms. The molecule has 0 aliphatic carbocycles. The monoisotopic (exact) mass is 427 g/mol. The number of fused-ring (bicyclic) bond motifs is 1. The lowest BCUT2D eigenvalue weighted by Crippen LogP contribution is -2.19. The van der Waals surface area contributed by atoms with E-state index < -0.39 is 0 Å². The molecule has 1 saturated heterocycles. The molecule has 4 aromatic rings. The lowest BCUT2D eigenvalue weighted by Gasteiger charge is -2.05. The van der Waals surface area contributed by atoms with Gasteiger partial charge in [-0.25, -0.2) is 9.38 Å². The Morgan fingerprint density at radius 2 is 1.71 bits per heavy atom. The van der Waals surface area contributed by atoms with Crippen molar-refractivity contribution in [2.45, 2.75) is 6.54 Å². The highest BCUT2D eigenvalue weighted by Gasteiger charge is 2.24. The van der Waals surface area contributed by atoms with Gasteiger partial charge >= 0.3 is 0 Å². The maximum absolute atomic E-state index is 13.1. The number of carbonyl (C=O) groups excluding carboxylic acids is 1. The summed E-state index contributed by atoms with van der Waals surface area (Å²) in [5.41, 5.74) is 3.89. The molecule has 1 N–H and O–H groups in total. The third kappa shape index (κ3) is 4.15.